The highest BCUT2D eigenvalue weighted by Crippen LogP contribution is 2.17. The number of nitrogens with zero attached hydrogens (tertiary/aromatic N) is 2. The van der Waals surface area contributed by atoms with Crippen molar-refractivity contribution in [3.05, 3.63) is 34.4 Å². The molecule has 9 heteroatoms. The quantitative estimate of drug-likeness (QED) is 0.487. The third kappa shape index (κ3) is 2.66. The smallest absolute Gasteiger partial charge is 0.409 e. The first-order valence-electron chi connectivity index (χ1n) is 4.64. The van der Waals surface area contributed by atoms with Gasteiger partial charge in [-0.2, -0.15) is 5.53 Å². The molecule has 1 aromatic carbocycles. The number of benzene rings is 1. The van der Waals surface area contributed by atoms with Gasteiger partial charge in [0.15, 0.2) is 0 Å². The molecule has 1 heterocycles. The van der Waals surface area contributed by atoms with Crippen LogP contribution in [0.5, 0.6) is 5.75 Å². The van der Waals surface area contributed by atoms with Crippen LogP contribution in [0.4, 0.5) is 10.5 Å². The molecule has 0 unspecified atom stereocenters. The Balaban J connectivity index is 1.98. The van der Waals surface area contributed by atoms with Crippen molar-refractivity contribution in [2.45, 2.75) is 0 Å². The lowest BCUT2D eigenvalue weighted by Gasteiger charge is -2.12. The maximum atomic E-state index is 11.5. The molecule has 1 aliphatic rings. The molecule has 0 aromatic heterocycles. The van der Waals surface area contributed by atoms with Crippen molar-refractivity contribution in [1.29, 1.82) is 0 Å². The topological polar surface area (TPSA) is 109 Å². The largest absolute Gasteiger partial charge is 0.432 e. The fourth-order valence-corrected chi connectivity index (χ4v) is 1.17. The van der Waals surface area contributed by atoms with Crippen LogP contribution in [0.1, 0.15) is 0 Å². The Kier molecular flexibility index (Phi) is 3.14. The molecule has 1 aliphatic heterocycles. The first-order chi connectivity index (χ1) is 8.16. The molecule has 0 bridgehead atoms. The zero-order valence-electron chi connectivity index (χ0n) is 8.54. The van der Waals surface area contributed by atoms with E-state index in [9.17, 15) is 14.9 Å². The van der Waals surface area contributed by atoms with Gasteiger partial charge in [-0.1, -0.05) is 0 Å². The van der Waals surface area contributed by atoms with Gasteiger partial charge in [0.1, 0.15) is 12.4 Å². The molecule has 1 fully saturated rings. The Hall–Kier alpha value is -2.23. The number of ether oxygens (including phenoxy) is 1. The summed E-state index contributed by atoms with van der Waals surface area (Å²) in [5.41, 5.74) is 7.57. The number of nitrogens with one attached hydrogen (secondary N) is 3. The van der Waals surface area contributed by atoms with E-state index in [4.69, 9.17) is 4.74 Å². The van der Waals surface area contributed by atoms with E-state index < -0.39 is 11.0 Å². The molecule has 0 aliphatic carbocycles. The van der Waals surface area contributed by atoms with E-state index in [0.717, 1.165) is 5.01 Å². The highest BCUT2D eigenvalue weighted by Gasteiger charge is 2.19. The zero-order valence-corrected chi connectivity index (χ0v) is 8.54. The Morgan fingerprint density at radius 2 is 2.12 bits per heavy atom. The molecule has 0 spiro atoms. The van der Waals surface area contributed by atoms with Crippen LogP contribution in [0.25, 0.3) is 0 Å². The number of hydrogen-bond donors (Lipinski definition) is 3. The van der Waals surface area contributed by atoms with Crippen LogP contribution in [0.15, 0.2) is 24.3 Å². The molecule has 0 saturated carbocycles. The molecular weight excluding hydrogens is 230 g/mol. The maximum Gasteiger partial charge on any atom is 0.432 e. The van der Waals surface area contributed by atoms with E-state index in [-0.39, 0.29) is 18.1 Å². The number of nitro benzene ring substituents is 1. The summed E-state index contributed by atoms with van der Waals surface area (Å²) in [6, 6.07) is 5.23. The Morgan fingerprint density at radius 3 is 2.65 bits per heavy atom. The van der Waals surface area contributed by atoms with Gasteiger partial charge in [0.05, 0.1) is 4.92 Å². The molecule has 1 aromatic rings. The van der Waals surface area contributed by atoms with E-state index in [1.54, 1.807) is 0 Å². The van der Waals surface area contributed by atoms with Gasteiger partial charge in [-0.15, -0.1) is 5.53 Å². The molecule has 17 heavy (non-hydrogen) atoms. The molecule has 2 rings (SSSR count). The lowest BCUT2D eigenvalue weighted by molar-refractivity contribution is -0.384. The van der Waals surface area contributed by atoms with Crippen LogP contribution in [0.3, 0.4) is 0 Å². The lowest BCUT2D eigenvalue weighted by Crippen LogP contribution is -2.42. The summed E-state index contributed by atoms with van der Waals surface area (Å²) < 4.78 is 4.95. The number of carbonyl (C=O) groups excluding carboxylic acids is 1. The fraction of sp³-hybridized carbons (Fsp3) is 0.125. The number of non-ortho nitro benzene ring substituents is 1. The zero-order chi connectivity index (χ0) is 12.3. The third-order valence-electron chi connectivity index (χ3n) is 1.99. The molecule has 90 valence electrons. The number of nitro groups is 1. The molecular formula is C8H9N5O4. The Bertz CT molecular complexity index is 428. The van der Waals surface area contributed by atoms with Gasteiger partial charge in [0.25, 0.3) is 5.69 Å². The van der Waals surface area contributed by atoms with Gasteiger partial charge in [0, 0.05) is 12.1 Å². The van der Waals surface area contributed by atoms with Gasteiger partial charge in [-0.25, -0.2) is 15.2 Å². The van der Waals surface area contributed by atoms with Crippen molar-refractivity contribution in [2.24, 2.45) is 0 Å². The van der Waals surface area contributed by atoms with Gasteiger partial charge in [-0.05, 0) is 12.1 Å². The molecule has 0 atom stereocenters. The average molecular weight is 239 g/mol. The Morgan fingerprint density at radius 1 is 1.41 bits per heavy atom. The van der Waals surface area contributed by atoms with E-state index in [2.05, 4.69) is 16.5 Å². The molecule has 1 amide bonds. The minimum absolute atomic E-state index is 0.0626. The van der Waals surface area contributed by atoms with Crippen molar-refractivity contribution < 1.29 is 14.5 Å². The summed E-state index contributed by atoms with van der Waals surface area (Å²) in [6.45, 7) is 0.242. The second kappa shape index (κ2) is 4.74. The number of carbonyl (C=O) groups is 1. The predicted molar refractivity (Wildman–Crippen MR) is 55.2 cm³/mol. The van der Waals surface area contributed by atoms with Crippen molar-refractivity contribution >= 4 is 11.8 Å². The monoisotopic (exact) mass is 239 g/mol. The predicted octanol–water partition coefficient (Wildman–Crippen LogP) is -0.120. The number of rotatable bonds is 2. The van der Waals surface area contributed by atoms with Crippen molar-refractivity contribution in [3.63, 3.8) is 0 Å². The van der Waals surface area contributed by atoms with E-state index >= 15 is 0 Å². The highest BCUT2D eigenvalue weighted by molar-refractivity contribution is 5.70. The van der Waals surface area contributed by atoms with Gasteiger partial charge in [-0.3, -0.25) is 10.1 Å². The fourth-order valence-electron chi connectivity index (χ4n) is 1.17. The summed E-state index contributed by atoms with van der Waals surface area (Å²) in [7, 11) is 0. The minimum atomic E-state index is -0.628. The first kappa shape index (κ1) is 11.3. The van der Waals surface area contributed by atoms with Gasteiger partial charge < -0.3 is 4.74 Å². The first-order valence-corrected chi connectivity index (χ1v) is 4.64. The maximum absolute atomic E-state index is 11.5. The Labute approximate surface area is 95.4 Å². The van der Waals surface area contributed by atoms with Crippen LogP contribution in [0, 0.1) is 10.1 Å². The van der Waals surface area contributed by atoms with Crippen LogP contribution in [0.2, 0.25) is 0 Å². The van der Waals surface area contributed by atoms with Crippen LogP contribution in [-0.2, 0) is 0 Å². The average Bonchev–Trinajstić information content (AvgIpc) is 2.83. The number of hydrazine groups is 3. The van der Waals surface area contributed by atoms with Crippen molar-refractivity contribution in [2.75, 3.05) is 6.67 Å². The lowest BCUT2D eigenvalue weighted by atomic mass is 10.3. The van der Waals surface area contributed by atoms with Crippen molar-refractivity contribution in [1.82, 2.24) is 21.5 Å². The van der Waals surface area contributed by atoms with E-state index in [1.165, 1.54) is 24.3 Å². The van der Waals surface area contributed by atoms with Crippen LogP contribution in [-0.4, -0.2) is 22.7 Å². The highest BCUT2D eigenvalue weighted by atomic mass is 16.6. The third-order valence-corrected chi connectivity index (χ3v) is 1.99. The molecule has 9 nitrogen and oxygen atoms in total. The second-order valence-electron chi connectivity index (χ2n) is 3.12. The van der Waals surface area contributed by atoms with Gasteiger partial charge in [0.2, 0.25) is 0 Å². The number of hydrogen-bond acceptors (Lipinski definition) is 7. The molecule has 1 saturated heterocycles. The normalized spacial score (nSPS) is 14.7. The van der Waals surface area contributed by atoms with Crippen LogP contribution < -0.4 is 21.2 Å². The number of amides is 1. The second-order valence-corrected chi connectivity index (χ2v) is 3.12. The minimum Gasteiger partial charge on any atom is -0.409 e. The SMILES string of the molecule is O=C(Oc1ccc([N+](=O)[O-])cc1)N1CNNN1. The summed E-state index contributed by atoms with van der Waals surface area (Å²) in [5, 5.41) is 11.6. The van der Waals surface area contributed by atoms with E-state index in [1.807, 2.05) is 0 Å². The summed E-state index contributed by atoms with van der Waals surface area (Å²) in [6.07, 6.45) is -0.628. The molecule has 3 N–H and O–H groups in total. The van der Waals surface area contributed by atoms with Crippen LogP contribution >= 0.6 is 0 Å². The standard InChI is InChI=1S/C8H9N5O4/c14-8(12-5-9-10-11-12)17-7-3-1-6(2-4-7)13(15)16/h1-4,9-11H,5H2. The summed E-state index contributed by atoms with van der Waals surface area (Å²) >= 11 is 0. The molecule has 0 radical (unpaired) electrons. The summed E-state index contributed by atoms with van der Waals surface area (Å²) in [4.78, 5) is 21.3. The van der Waals surface area contributed by atoms with Crippen molar-refractivity contribution in [3.8, 4) is 5.75 Å². The van der Waals surface area contributed by atoms with E-state index in [0.29, 0.717) is 0 Å². The van der Waals surface area contributed by atoms with Gasteiger partial charge >= 0.3 is 6.09 Å². The summed E-state index contributed by atoms with van der Waals surface area (Å²) in [5.74, 6) is 0.231.